The first-order chi connectivity index (χ1) is 14.3. The van der Waals surface area contributed by atoms with Crippen LogP contribution in [0.4, 0.5) is 11.4 Å². The standard InChI is InChI=1S/C22H19ClN2O3S2/c1-14-3-8-18(15(2)11-14)24-12-20-21(26)22-19(9-10-29-22)25(30(20,27)28)13-16-4-6-17(23)7-5-16/h3-12,24H,13H2,1-2H3/b20-12-. The quantitative estimate of drug-likeness (QED) is 0.524. The Hall–Kier alpha value is -2.61. The van der Waals surface area contributed by atoms with Crippen LogP contribution in [0.15, 0.2) is 65.0 Å². The molecule has 0 saturated heterocycles. The van der Waals surface area contributed by atoms with Crippen LogP contribution >= 0.6 is 22.9 Å². The SMILES string of the molecule is Cc1ccc(N/C=C2/C(=O)c3sccc3N(Cc3ccc(Cl)cc3)S2(=O)=O)c(C)c1. The highest BCUT2D eigenvalue weighted by atomic mass is 35.5. The molecule has 2 aromatic carbocycles. The molecule has 0 unspecified atom stereocenters. The predicted molar refractivity (Wildman–Crippen MR) is 123 cm³/mol. The zero-order chi connectivity index (χ0) is 21.5. The van der Waals surface area contributed by atoms with Crippen molar-refractivity contribution in [1.82, 2.24) is 0 Å². The zero-order valence-corrected chi connectivity index (χ0v) is 18.7. The summed E-state index contributed by atoms with van der Waals surface area (Å²) in [7, 11) is -4.04. The molecule has 0 atom stereocenters. The number of nitrogens with one attached hydrogen (secondary N) is 1. The number of hydrogen-bond donors (Lipinski definition) is 1. The Balaban J connectivity index is 1.74. The maximum Gasteiger partial charge on any atom is 0.270 e. The first-order valence-electron chi connectivity index (χ1n) is 9.21. The van der Waals surface area contributed by atoms with Crippen LogP contribution in [0.5, 0.6) is 0 Å². The van der Waals surface area contributed by atoms with Gasteiger partial charge >= 0.3 is 0 Å². The van der Waals surface area contributed by atoms with Gasteiger partial charge in [0.25, 0.3) is 10.0 Å². The van der Waals surface area contributed by atoms with E-state index in [1.54, 1.807) is 35.7 Å². The summed E-state index contributed by atoms with van der Waals surface area (Å²) in [5.74, 6) is -0.496. The molecule has 4 rings (SSSR count). The molecule has 0 spiro atoms. The van der Waals surface area contributed by atoms with Crippen molar-refractivity contribution < 1.29 is 13.2 Å². The number of ketones is 1. The molecule has 0 saturated carbocycles. The lowest BCUT2D eigenvalue weighted by molar-refractivity contribution is 0.104. The number of sulfonamides is 1. The first-order valence-corrected chi connectivity index (χ1v) is 11.9. The molecule has 1 aliphatic rings. The fourth-order valence-corrected chi connectivity index (χ4v) is 5.94. The number of fused-ring (bicyclic) bond motifs is 1. The van der Waals surface area contributed by atoms with Crippen LogP contribution < -0.4 is 9.62 Å². The number of Topliss-reactive ketones (excluding diaryl/α,β-unsaturated/α-hetero) is 1. The minimum absolute atomic E-state index is 0.109. The smallest absolute Gasteiger partial charge is 0.270 e. The molecule has 1 aromatic heterocycles. The molecule has 0 fully saturated rings. The number of thiophene rings is 1. The highest BCUT2D eigenvalue weighted by molar-refractivity contribution is 7.97. The van der Waals surface area contributed by atoms with Gasteiger partial charge in [0.1, 0.15) is 4.88 Å². The minimum atomic E-state index is -4.04. The van der Waals surface area contributed by atoms with Crippen molar-refractivity contribution in [3.05, 3.63) is 91.6 Å². The van der Waals surface area contributed by atoms with Crippen molar-refractivity contribution in [2.45, 2.75) is 20.4 Å². The van der Waals surface area contributed by atoms with Gasteiger partial charge in [-0.15, -0.1) is 11.3 Å². The molecule has 0 bridgehead atoms. The number of nitrogens with zero attached hydrogens (tertiary/aromatic N) is 1. The summed E-state index contributed by atoms with van der Waals surface area (Å²) in [6.45, 7) is 4.02. The molecule has 5 nitrogen and oxygen atoms in total. The maximum atomic E-state index is 13.4. The topological polar surface area (TPSA) is 66.5 Å². The van der Waals surface area contributed by atoms with Crippen molar-refractivity contribution in [3.8, 4) is 0 Å². The van der Waals surface area contributed by atoms with Gasteiger partial charge in [-0.2, -0.15) is 0 Å². The van der Waals surface area contributed by atoms with Gasteiger partial charge < -0.3 is 5.32 Å². The van der Waals surface area contributed by atoms with Crippen molar-refractivity contribution in [2.24, 2.45) is 0 Å². The second-order valence-electron chi connectivity index (χ2n) is 7.07. The van der Waals surface area contributed by atoms with E-state index in [0.717, 1.165) is 22.4 Å². The summed E-state index contributed by atoms with van der Waals surface area (Å²) in [5, 5.41) is 5.31. The van der Waals surface area contributed by atoms with E-state index in [1.165, 1.54) is 21.8 Å². The van der Waals surface area contributed by atoms with E-state index in [4.69, 9.17) is 11.6 Å². The number of benzene rings is 2. The average molecular weight is 459 g/mol. The normalized spacial score (nSPS) is 16.6. The molecule has 30 heavy (non-hydrogen) atoms. The van der Waals surface area contributed by atoms with Gasteiger partial charge in [0.15, 0.2) is 4.91 Å². The Morgan fingerprint density at radius 1 is 1.10 bits per heavy atom. The molecule has 2 heterocycles. The van der Waals surface area contributed by atoms with Crippen LogP contribution in [0.3, 0.4) is 0 Å². The highest BCUT2D eigenvalue weighted by Crippen LogP contribution is 2.39. The molecule has 0 aliphatic carbocycles. The summed E-state index contributed by atoms with van der Waals surface area (Å²) in [5.41, 5.74) is 3.99. The second-order valence-corrected chi connectivity index (χ2v) is 10.3. The lowest BCUT2D eigenvalue weighted by Gasteiger charge is -2.29. The number of halogens is 1. The van der Waals surface area contributed by atoms with E-state index in [-0.39, 0.29) is 11.4 Å². The van der Waals surface area contributed by atoms with Gasteiger partial charge in [0, 0.05) is 16.9 Å². The Kier molecular flexibility index (Phi) is 5.44. The third-order valence-electron chi connectivity index (χ3n) is 4.89. The molecule has 3 aromatic rings. The second kappa shape index (κ2) is 7.91. The summed E-state index contributed by atoms with van der Waals surface area (Å²) in [6.07, 6.45) is 1.30. The molecule has 154 valence electrons. The number of aryl methyl sites for hydroxylation is 2. The molecule has 1 N–H and O–H groups in total. The molecular formula is C22H19ClN2O3S2. The van der Waals surface area contributed by atoms with Crippen LogP contribution in [0, 0.1) is 13.8 Å². The van der Waals surface area contributed by atoms with Crippen LogP contribution in [0.25, 0.3) is 0 Å². The molecule has 0 radical (unpaired) electrons. The number of carbonyl (C=O) groups excluding carboxylic acids is 1. The molecule has 1 aliphatic heterocycles. The largest absolute Gasteiger partial charge is 0.360 e. The Bertz CT molecular complexity index is 1260. The number of anilines is 2. The lowest BCUT2D eigenvalue weighted by Crippen LogP contribution is -2.38. The Morgan fingerprint density at radius 2 is 1.83 bits per heavy atom. The van der Waals surface area contributed by atoms with Gasteiger partial charge in [0.2, 0.25) is 5.78 Å². The summed E-state index contributed by atoms with van der Waals surface area (Å²) < 4.78 is 28.1. The van der Waals surface area contributed by atoms with E-state index in [2.05, 4.69) is 5.32 Å². The number of hydrogen-bond acceptors (Lipinski definition) is 5. The zero-order valence-electron chi connectivity index (χ0n) is 16.3. The summed E-state index contributed by atoms with van der Waals surface area (Å²) in [6, 6.07) is 14.4. The average Bonchev–Trinajstić information content (AvgIpc) is 3.17. The predicted octanol–water partition coefficient (Wildman–Crippen LogP) is 5.50. The van der Waals surface area contributed by atoms with Crippen molar-refractivity contribution in [3.63, 3.8) is 0 Å². The Labute approximate surface area is 184 Å². The maximum absolute atomic E-state index is 13.4. The summed E-state index contributed by atoms with van der Waals surface area (Å²) in [4.78, 5) is 13.1. The van der Waals surface area contributed by atoms with Crippen molar-refractivity contribution in [1.29, 1.82) is 0 Å². The van der Waals surface area contributed by atoms with E-state index >= 15 is 0 Å². The fourth-order valence-electron chi connectivity index (χ4n) is 3.33. The van der Waals surface area contributed by atoms with Crippen LogP contribution in [-0.4, -0.2) is 14.2 Å². The van der Waals surface area contributed by atoms with Crippen molar-refractivity contribution >= 4 is 50.1 Å². The third kappa shape index (κ3) is 3.76. The molecule has 0 amide bonds. The van der Waals surface area contributed by atoms with E-state index in [1.807, 2.05) is 32.0 Å². The van der Waals surface area contributed by atoms with Crippen LogP contribution in [0.1, 0.15) is 26.4 Å². The lowest BCUT2D eigenvalue weighted by atomic mass is 10.1. The van der Waals surface area contributed by atoms with E-state index in [9.17, 15) is 13.2 Å². The number of allylic oxidation sites excluding steroid dienone is 1. The monoisotopic (exact) mass is 458 g/mol. The molecular weight excluding hydrogens is 440 g/mol. The van der Waals surface area contributed by atoms with Gasteiger partial charge in [-0.3, -0.25) is 9.10 Å². The fraction of sp³-hybridized carbons (Fsp3) is 0.136. The van der Waals surface area contributed by atoms with E-state index in [0.29, 0.717) is 15.6 Å². The Morgan fingerprint density at radius 3 is 2.53 bits per heavy atom. The highest BCUT2D eigenvalue weighted by Gasteiger charge is 2.41. The van der Waals surface area contributed by atoms with Gasteiger partial charge in [-0.1, -0.05) is 41.4 Å². The van der Waals surface area contributed by atoms with Gasteiger partial charge in [-0.05, 0) is 54.6 Å². The van der Waals surface area contributed by atoms with Crippen LogP contribution in [-0.2, 0) is 16.6 Å². The number of rotatable bonds is 4. The van der Waals surface area contributed by atoms with Crippen LogP contribution in [0.2, 0.25) is 5.02 Å². The minimum Gasteiger partial charge on any atom is -0.360 e. The van der Waals surface area contributed by atoms with Gasteiger partial charge in [0.05, 0.1) is 12.2 Å². The van der Waals surface area contributed by atoms with Gasteiger partial charge in [-0.25, -0.2) is 8.42 Å². The molecule has 8 heteroatoms. The third-order valence-corrected chi connectivity index (χ3v) is 7.81. The summed E-state index contributed by atoms with van der Waals surface area (Å²) >= 11 is 7.18. The first kappa shape index (κ1) is 20.7. The van der Waals surface area contributed by atoms with Crippen molar-refractivity contribution in [2.75, 3.05) is 9.62 Å². The number of carbonyl (C=O) groups is 1. The van der Waals surface area contributed by atoms with E-state index < -0.39 is 15.8 Å².